The van der Waals surface area contributed by atoms with Gasteiger partial charge in [-0.2, -0.15) is 0 Å². The molecule has 27 heavy (non-hydrogen) atoms. The van der Waals surface area contributed by atoms with Crippen LogP contribution in [0.3, 0.4) is 0 Å². The third-order valence-electron chi connectivity index (χ3n) is 4.32. The number of nitrogens with one attached hydrogen (secondary N) is 1. The average molecular weight is 410 g/mol. The molecule has 9 heteroatoms. The number of rotatable bonds is 5. The quantitative estimate of drug-likeness (QED) is 0.819. The van der Waals surface area contributed by atoms with Gasteiger partial charge in [-0.25, -0.2) is 13.4 Å². The highest BCUT2D eigenvalue weighted by atomic mass is 35.5. The van der Waals surface area contributed by atoms with Crippen molar-refractivity contribution in [3.63, 3.8) is 0 Å². The van der Waals surface area contributed by atoms with Crippen molar-refractivity contribution in [3.05, 3.63) is 47.1 Å². The van der Waals surface area contributed by atoms with Crippen LogP contribution in [-0.4, -0.2) is 44.4 Å². The molecule has 1 aromatic heterocycles. The normalized spacial score (nSPS) is 14.7. The largest absolute Gasteiger partial charge is 0.496 e. The molecule has 0 saturated carbocycles. The molecule has 0 aliphatic carbocycles. The highest BCUT2D eigenvalue weighted by Crippen LogP contribution is 2.26. The molecule has 1 aromatic carbocycles. The first kappa shape index (κ1) is 19.4. The molecule has 3 rings (SSSR count). The molecular weight excluding hydrogens is 390 g/mol. The molecule has 0 bridgehead atoms. The lowest BCUT2D eigenvalue weighted by atomic mass is 10.1. The Morgan fingerprint density at radius 1 is 1.19 bits per heavy atom. The van der Waals surface area contributed by atoms with Crippen LogP contribution in [0.5, 0.6) is 5.75 Å². The fourth-order valence-electron chi connectivity index (χ4n) is 2.92. The van der Waals surface area contributed by atoms with E-state index in [2.05, 4.69) is 9.71 Å². The Hall–Kier alpha value is -2.32. The van der Waals surface area contributed by atoms with Gasteiger partial charge in [0.1, 0.15) is 11.6 Å². The van der Waals surface area contributed by atoms with E-state index >= 15 is 0 Å². The fraction of sp³-hybridized carbons (Fsp3) is 0.333. The fourth-order valence-corrected chi connectivity index (χ4v) is 4.07. The Kier molecular flexibility index (Phi) is 5.86. The minimum Gasteiger partial charge on any atom is -0.496 e. The van der Waals surface area contributed by atoms with E-state index in [9.17, 15) is 13.2 Å². The smallest absolute Gasteiger partial charge is 0.263 e. The molecule has 2 aromatic rings. The summed E-state index contributed by atoms with van der Waals surface area (Å²) in [5.41, 5.74) is 0.228. The highest BCUT2D eigenvalue weighted by molar-refractivity contribution is 7.92. The number of benzene rings is 1. The van der Waals surface area contributed by atoms with Gasteiger partial charge < -0.3 is 9.64 Å². The number of sulfonamides is 1. The summed E-state index contributed by atoms with van der Waals surface area (Å²) < 4.78 is 33.0. The van der Waals surface area contributed by atoms with E-state index in [1.165, 1.54) is 43.6 Å². The first-order chi connectivity index (χ1) is 12.9. The average Bonchev–Trinajstić information content (AvgIpc) is 2.69. The van der Waals surface area contributed by atoms with Crippen LogP contribution < -0.4 is 9.46 Å². The van der Waals surface area contributed by atoms with Crippen LogP contribution in [0.1, 0.15) is 29.6 Å². The summed E-state index contributed by atoms with van der Waals surface area (Å²) in [4.78, 5) is 18.5. The molecule has 144 valence electrons. The highest BCUT2D eigenvalue weighted by Gasteiger charge is 2.24. The lowest BCUT2D eigenvalue weighted by molar-refractivity contribution is 0.0720. The van der Waals surface area contributed by atoms with E-state index in [0.29, 0.717) is 23.9 Å². The van der Waals surface area contributed by atoms with E-state index in [4.69, 9.17) is 16.3 Å². The maximum absolute atomic E-state index is 12.9. The van der Waals surface area contributed by atoms with E-state index in [-0.39, 0.29) is 22.2 Å². The van der Waals surface area contributed by atoms with E-state index in [0.717, 1.165) is 19.3 Å². The van der Waals surface area contributed by atoms with Crippen molar-refractivity contribution in [2.45, 2.75) is 24.2 Å². The maximum Gasteiger partial charge on any atom is 0.263 e. The molecule has 0 spiro atoms. The van der Waals surface area contributed by atoms with Gasteiger partial charge in [0.15, 0.2) is 0 Å². The van der Waals surface area contributed by atoms with Gasteiger partial charge in [-0.1, -0.05) is 11.6 Å². The lowest BCUT2D eigenvalue weighted by Crippen LogP contribution is -2.35. The van der Waals surface area contributed by atoms with Gasteiger partial charge >= 0.3 is 0 Å². The number of likely N-dealkylation sites (tertiary alicyclic amines) is 1. The lowest BCUT2D eigenvalue weighted by Gasteiger charge is -2.27. The number of carbonyl (C=O) groups is 1. The Labute approximate surface area is 163 Å². The zero-order chi connectivity index (χ0) is 19.4. The van der Waals surface area contributed by atoms with Gasteiger partial charge in [0.25, 0.3) is 15.9 Å². The molecular formula is C18H20ClN3O4S. The number of hydrogen-bond acceptors (Lipinski definition) is 5. The molecule has 7 nitrogen and oxygen atoms in total. The third-order valence-corrected chi connectivity index (χ3v) is 5.90. The number of methoxy groups -OCH3 is 1. The van der Waals surface area contributed by atoms with Gasteiger partial charge in [-0.05, 0) is 49.6 Å². The molecule has 0 unspecified atom stereocenters. The van der Waals surface area contributed by atoms with Crippen molar-refractivity contribution in [3.8, 4) is 5.75 Å². The molecule has 0 radical (unpaired) electrons. The zero-order valence-corrected chi connectivity index (χ0v) is 16.4. The van der Waals surface area contributed by atoms with Gasteiger partial charge in [-0.15, -0.1) is 0 Å². The number of nitrogens with zero attached hydrogens (tertiary/aromatic N) is 2. The summed E-state index contributed by atoms with van der Waals surface area (Å²) in [7, 11) is -2.47. The van der Waals surface area contributed by atoms with Crippen molar-refractivity contribution >= 4 is 33.3 Å². The van der Waals surface area contributed by atoms with E-state index in [1.807, 2.05) is 0 Å². The second-order valence-corrected chi connectivity index (χ2v) is 8.30. The van der Waals surface area contributed by atoms with Crippen molar-refractivity contribution in [2.75, 3.05) is 24.9 Å². The van der Waals surface area contributed by atoms with Crippen LogP contribution >= 0.6 is 11.6 Å². The second kappa shape index (κ2) is 8.14. The van der Waals surface area contributed by atoms with Crippen LogP contribution in [0.2, 0.25) is 5.02 Å². The SMILES string of the molecule is COc1ccc(S(=O)(=O)Nc2ccc(Cl)cn2)cc1C(=O)N1CCCCC1. The number of amides is 1. The monoisotopic (exact) mass is 409 g/mol. The Morgan fingerprint density at radius 2 is 1.93 bits per heavy atom. The molecule has 2 heterocycles. The van der Waals surface area contributed by atoms with Crippen molar-refractivity contribution < 1.29 is 17.9 Å². The van der Waals surface area contributed by atoms with Gasteiger partial charge in [0, 0.05) is 19.3 Å². The minimum atomic E-state index is -3.92. The zero-order valence-electron chi connectivity index (χ0n) is 14.8. The topological polar surface area (TPSA) is 88.6 Å². The van der Waals surface area contributed by atoms with Gasteiger partial charge in [-0.3, -0.25) is 9.52 Å². The van der Waals surface area contributed by atoms with E-state index in [1.54, 1.807) is 4.90 Å². The minimum absolute atomic E-state index is 0.0413. The van der Waals surface area contributed by atoms with Gasteiger partial charge in [0.05, 0.1) is 22.6 Å². The van der Waals surface area contributed by atoms with Crippen molar-refractivity contribution in [1.29, 1.82) is 0 Å². The summed E-state index contributed by atoms with van der Waals surface area (Å²) in [5, 5.41) is 0.400. The first-order valence-corrected chi connectivity index (χ1v) is 10.4. The number of carbonyl (C=O) groups excluding carboxylic acids is 1. The van der Waals surface area contributed by atoms with Crippen molar-refractivity contribution in [2.24, 2.45) is 0 Å². The Balaban J connectivity index is 1.91. The number of pyridine rings is 1. The predicted octanol–water partition coefficient (Wildman–Crippen LogP) is 3.17. The molecule has 1 saturated heterocycles. The number of ether oxygens (including phenoxy) is 1. The number of aromatic nitrogens is 1. The van der Waals surface area contributed by atoms with Crippen LogP contribution in [0.15, 0.2) is 41.4 Å². The Morgan fingerprint density at radius 3 is 2.56 bits per heavy atom. The van der Waals surface area contributed by atoms with Crippen molar-refractivity contribution in [1.82, 2.24) is 9.88 Å². The van der Waals surface area contributed by atoms with Gasteiger partial charge in [0.2, 0.25) is 0 Å². The predicted molar refractivity (Wildman–Crippen MR) is 103 cm³/mol. The number of hydrogen-bond donors (Lipinski definition) is 1. The van der Waals surface area contributed by atoms with E-state index < -0.39 is 10.0 Å². The maximum atomic E-state index is 12.9. The molecule has 1 fully saturated rings. The van der Waals surface area contributed by atoms with Crippen LogP contribution in [-0.2, 0) is 10.0 Å². The van der Waals surface area contributed by atoms with Crippen LogP contribution in [0.4, 0.5) is 5.82 Å². The first-order valence-electron chi connectivity index (χ1n) is 8.52. The molecule has 1 amide bonds. The summed E-state index contributed by atoms with van der Waals surface area (Å²) in [6.45, 7) is 1.32. The number of halogens is 1. The summed E-state index contributed by atoms with van der Waals surface area (Å²) in [6.07, 6.45) is 4.32. The summed E-state index contributed by atoms with van der Waals surface area (Å²) >= 11 is 5.77. The standard InChI is InChI=1S/C18H20ClN3O4S/c1-26-16-7-6-14(11-15(16)18(23)22-9-3-2-4-10-22)27(24,25)21-17-8-5-13(19)12-20-17/h5-8,11-12H,2-4,9-10H2,1H3,(H,20,21). The molecule has 1 aliphatic heterocycles. The van der Waals surface area contributed by atoms with Crippen LogP contribution in [0, 0.1) is 0 Å². The number of anilines is 1. The number of piperidine rings is 1. The molecule has 1 N–H and O–H groups in total. The second-order valence-electron chi connectivity index (χ2n) is 6.18. The molecule has 0 atom stereocenters. The third kappa shape index (κ3) is 4.51. The summed E-state index contributed by atoms with van der Waals surface area (Å²) in [5.74, 6) is 0.251. The Bertz CT molecular complexity index is 926. The van der Waals surface area contributed by atoms with Crippen LogP contribution in [0.25, 0.3) is 0 Å². The molecule has 1 aliphatic rings. The summed E-state index contributed by atoms with van der Waals surface area (Å²) in [6, 6.07) is 7.22.